The van der Waals surface area contributed by atoms with Gasteiger partial charge in [0.05, 0.1) is 23.2 Å². The Balaban J connectivity index is 1.88. The number of likely N-dealkylation sites (N-methyl/N-ethyl adjacent to an activating group) is 1. The zero-order chi connectivity index (χ0) is 17.6. The summed E-state index contributed by atoms with van der Waals surface area (Å²) in [5, 5.41) is 18.6. The van der Waals surface area contributed by atoms with Crippen LogP contribution in [0.3, 0.4) is 0 Å². The lowest BCUT2D eigenvalue weighted by Gasteiger charge is -2.21. The Labute approximate surface area is 146 Å². The van der Waals surface area contributed by atoms with Crippen LogP contribution in [0.2, 0.25) is 0 Å². The first-order valence-corrected chi connectivity index (χ1v) is 8.28. The molecule has 0 spiro atoms. The molecule has 0 aliphatic rings. The number of allylic oxidation sites excluding steroid dienone is 1. The fourth-order valence-corrected chi connectivity index (χ4v) is 2.77. The summed E-state index contributed by atoms with van der Waals surface area (Å²) in [4.78, 5) is 9.76. The number of aromatic nitrogens is 2. The van der Waals surface area contributed by atoms with E-state index in [1.165, 1.54) is 0 Å². The van der Waals surface area contributed by atoms with E-state index in [-0.39, 0.29) is 6.61 Å². The number of nitrogens with zero attached hydrogens (tertiary/aromatic N) is 3. The van der Waals surface area contributed by atoms with Crippen molar-refractivity contribution in [1.29, 1.82) is 5.26 Å². The van der Waals surface area contributed by atoms with Crippen LogP contribution >= 0.6 is 0 Å². The predicted molar refractivity (Wildman–Crippen MR) is 101 cm³/mol. The van der Waals surface area contributed by atoms with Gasteiger partial charge in [0.25, 0.3) is 0 Å². The van der Waals surface area contributed by atoms with E-state index in [4.69, 9.17) is 5.11 Å². The van der Waals surface area contributed by atoms with Crippen molar-refractivity contribution in [2.75, 3.05) is 24.6 Å². The van der Waals surface area contributed by atoms with E-state index in [2.05, 4.69) is 27.9 Å². The molecular formula is C20H20N4O. The molecule has 5 nitrogen and oxygen atoms in total. The van der Waals surface area contributed by atoms with Gasteiger partial charge < -0.3 is 15.0 Å². The second-order valence-corrected chi connectivity index (χ2v) is 5.67. The molecule has 0 radical (unpaired) electrons. The van der Waals surface area contributed by atoms with E-state index in [0.29, 0.717) is 17.9 Å². The van der Waals surface area contributed by atoms with E-state index in [0.717, 1.165) is 28.8 Å². The zero-order valence-corrected chi connectivity index (χ0v) is 14.1. The molecule has 126 valence electrons. The summed E-state index contributed by atoms with van der Waals surface area (Å²) < 4.78 is 0. The van der Waals surface area contributed by atoms with Gasteiger partial charge in [-0.05, 0) is 42.8 Å². The number of nitrogens with one attached hydrogen (secondary N) is 1. The number of anilines is 1. The highest BCUT2D eigenvalue weighted by atomic mass is 16.3. The van der Waals surface area contributed by atoms with Crippen molar-refractivity contribution in [3.63, 3.8) is 0 Å². The van der Waals surface area contributed by atoms with Crippen molar-refractivity contribution in [3.05, 3.63) is 59.9 Å². The summed E-state index contributed by atoms with van der Waals surface area (Å²) in [6.45, 7) is 3.62. The SMILES string of the molecule is CCN(CCO)c1ccc(/C=C(\C#N)c2nc3ccccc3[nH]2)cc1. The van der Waals surface area contributed by atoms with Gasteiger partial charge in [0, 0.05) is 18.8 Å². The molecule has 1 aromatic heterocycles. The number of benzene rings is 2. The van der Waals surface area contributed by atoms with Gasteiger partial charge in [0.2, 0.25) is 0 Å². The minimum absolute atomic E-state index is 0.125. The van der Waals surface area contributed by atoms with Gasteiger partial charge in [0.1, 0.15) is 11.9 Å². The van der Waals surface area contributed by atoms with Crippen LogP contribution in [0.4, 0.5) is 5.69 Å². The van der Waals surface area contributed by atoms with Gasteiger partial charge in [-0.1, -0.05) is 24.3 Å². The molecule has 0 atom stereocenters. The van der Waals surface area contributed by atoms with Crippen molar-refractivity contribution in [1.82, 2.24) is 9.97 Å². The van der Waals surface area contributed by atoms with Gasteiger partial charge >= 0.3 is 0 Å². The molecule has 0 aliphatic heterocycles. The maximum absolute atomic E-state index is 9.50. The van der Waals surface area contributed by atoms with Gasteiger partial charge in [-0.2, -0.15) is 5.26 Å². The number of nitriles is 1. The molecule has 2 N–H and O–H groups in total. The normalized spacial score (nSPS) is 11.5. The van der Waals surface area contributed by atoms with Crippen LogP contribution in [0.25, 0.3) is 22.7 Å². The smallest absolute Gasteiger partial charge is 0.149 e. The third-order valence-corrected chi connectivity index (χ3v) is 4.09. The lowest BCUT2D eigenvalue weighted by atomic mass is 10.1. The lowest BCUT2D eigenvalue weighted by molar-refractivity contribution is 0.302. The van der Waals surface area contributed by atoms with Crippen LogP contribution in [0.1, 0.15) is 18.3 Å². The van der Waals surface area contributed by atoms with Crippen molar-refractivity contribution < 1.29 is 5.11 Å². The van der Waals surface area contributed by atoms with Crippen molar-refractivity contribution in [3.8, 4) is 6.07 Å². The fourth-order valence-electron chi connectivity index (χ4n) is 2.77. The van der Waals surface area contributed by atoms with Gasteiger partial charge in [-0.25, -0.2) is 4.98 Å². The average molecular weight is 332 g/mol. The molecule has 3 rings (SSSR count). The number of aromatic amines is 1. The summed E-state index contributed by atoms with van der Waals surface area (Å²) in [7, 11) is 0. The number of aliphatic hydroxyl groups excluding tert-OH is 1. The first-order valence-electron chi connectivity index (χ1n) is 8.28. The molecule has 0 amide bonds. The summed E-state index contributed by atoms with van der Waals surface area (Å²) in [6, 6.07) is 17.9. The topological polar surface area (TPSA) is 75.9 Å². The number of aliphatic hydroxyl groups is 1. The number of imidazole rings is 1. The Bertz CT molecular complexity index is 886. The van der Waals surface area contributed by atoms with Crippen molar-refractivity contribution in [2.45, 2.75) is 6.92 Å². The second kappa shape index (κ2) is 7.65. The Morgan fingerprint density at radius 2 is 2.00 bits per heavy atom. The number of H-pyrrole nitrogens is 1. The highest BCUT2D eigenvalue weighted by Gasteiger charge is 2.08. The highest BCUT2D eigenvalue weighted by Crippen LogP contribution is 2.21. The molecule has 25 heavy (non-hydrogen) atoms. The lowest BCUT2D eigenvalue weighted by Crippen LogP contribution is -2.25. The second-order valence-electron chi connectivity index (χ2n) is 5.67. The monoisotopic (exact) mass is 332 g/mol. The maximum Gasteiger partial charge on any atom is 0.149 e. The number of rotatable bonds is 6. The van der Waals surface area contributed by atoms with Crippen LogP contribution in [0.5, 0.6) is 0 Å². The van der Waals surface area contributed by atoms with E-state index in [1.807, 2.05) is 54.6 Å². The summed E-state index contributed by atoms with van der Waals surface area (Å²) in [5.74, 6) is 0.572. The molecule has 1 heterocycles. The number of para-hydroxylation sites is 2. The van der Waals surface area contributed by atoms with E-state index >= 15 is 0 Å². The summed E-state index contributed by atoms with van der Waals surface area (Å²) in [6.07, 6.45) is 1.82. The van der Waals surface area contributed by atoms with Crippen LogP contribution in [0.15, 0.2) is 48.5 Å². The molecule has 3 aromatic rings. The van der Waals surface area contributed by atoms with Crippen molar-refractivity contribution in [2.24, 2.45) is 0 Å². The molecule has 0 fully saturated rings. The van der Waals surface area contributed by atoms with Crippen LogP contribution in [0, 0.1) is 11.3 Å². The number of hydrogen-bond acceptors (Lipinski definition) is 4. The predicted octanol–water partition coefficient (Wildman–Crippen LogP) is 3.45. The van der Waals surface area contributed by atoms with E-state index in [1.54, 1.807) is 0 Å². The van der Waals surface area contributed by atoms with Gasteiger partial charge in [-0.15, -0.1) is 0 Å². The van der Waals surface area contributed by atoms with E-state index < -0.39 is 0 Å². The standard InChI is InChI=1S/C20H20N4O/c1-2-24(11-12-25)17-9-7-15(8-10-17)13-16(14-21)20-22-18-5-3-4-6-19(18)23-20/h3-10,13,25H,2,11-12H2,1H3,(H,22,23)/b16-13+. The molecule has 5 heteroatoms. The first-order chi connectivity index (χ1) is 12.2. The van der Waals surface area contributed by atoms with Crippen molar-refractivity contribution >= 4 is 28.4 Å². The largest absolute Gasteiger partial charge is 0.395 e. The Hall–Kier alpha value is -3.10. The molecular weight excluding hydrogens is 312 g/mol. The average Bonchev–Trinajstić information content (AvgIpc) is 3.08. The highest BCUT2D eigenvalue weighted by molar-refractivity contribution is 5.90. The molecule has 0 aliphatic carbocycles. The molecule has 0 unspecified atom stereocenters. The number of fused-ring (bicyclic) bond motifs is 1. The molecule has 0 bridgehead atoms. The first kappa shape index (κ1) is 16.7. The van der Waals surface area contributed by atoms with Gasteiger partial charge in [0.15, 0.2) is 0 Å². The minimum Gasteiger partial charge on any atom is -0.395 e. The van der Waals surface area contributed by atoms with E-state index in [9.17, 15) is 5.26 Å². The quantitative estimate of drug-likeness (QED) is 0.678. The molecule has 0 saturated heterocycles. The van der Waals surface area contributed by atoms with Crippen LogP contribution in [-0.2, 0) is 0 Å². The van der Waals surface area contributed by atoms with Gasteiger partial charge in [-0.3, -0.25) is 0 Å². The molecule has 2 aromatic carbocycles. The Kier molecular flexibility index (Phi) is 5.12. The van der Waals surface area contributed by atoms with Crippen LogP contribution < -0.4 is 4.90 Å². The van der Waals surface area contributed by atoms with Crippen LogP contribution in [-0.4, -0.2) is 34.8 Å². The third-order valence-electron chi connectivity index (χ3n) is 4.09. The Morgan fingerprint density at radius 3 is 2.64 bits per heavy atom. The molecule has 0 saturated carbocycles. The summed E-state index contributed by atoms with van der Waals surface area (Å²) in [5.41, 5.74) is 4.23. The fraction of sp³-hybridized carbons (Fsp3) is 0.200. The third kappa shape index (κ3) is 3.70. The minimum atomic E-state index is 0.125. The Morgan fingerprint density at radius 1 is 1.24 bits per heavy atom. The maximum atomic E-state index is 9.50. The number of hydrogen-bond donors (Lipinski definition) is 2. The zero-order valence-electron chi connectivity index (χ0n) is 14.1. The summed E-state index contributed by atoms with van der Waals surface area (Å²) >= 11 is 0.